The molecular formula is C8H12N2O. The van der Waals surface area contributed by atoms with Crippen LogP contribution in [0.1, 0.15) is 20.3 Å². The van der Waals surface area contributed by atoms with Gasteiger partial charge in [-0.2, -0.15) is 0 Å². The highest BCUT2D eigenvalue weighted by molar-refractivity contribution is 6.73. The maximum atomic E-state index is 10.6. The third-order valence-electron chi connectivity index (χ3n) is 1.26. The number of allylic oxidation sites excluding steroid dienone is 1. The predicted octanol–water partition coefficient (Wildman–Crippen LogP) is 1.58. The molecule has 1 fully saturated rings. The summed E-state index contributed by atoms with van der Waals surface area (Å²) in [5.74, 6) is -0.287. The Morgan fingerprint density at radius 3 is 1.82 bits per heavy atom. The van der Waals surface area contributed by atoms with Gasteiger partial charge >= 0.3 is 0 Å². The van der Waals surface area contributed by atoms with Gasteiger partial charge in [0.1, 0.15) is 5.71 Å². The second kappa shape index (κ2) is 3.81. The summed E-state index contributed by atoms with van der Waals surface area (Å²) in [6, 6.07) is 0. The van der Waals surface area contributed by atoms with Crippen molar-refractivity contribution in [1.29, 1.82) is 10.8 Å². The fourth-order valence-corrected chi connectivity index (χ4v) is 0.687. The van der Waals surface area contributed by atoms with Crippen molar-refractivity contribution in [2.24, 2.45) is 0 Å². The highest BCUT2D eigenvalue weighted by Gasteiger charge is 2.25. The van der Waals surface area contributed by atoms with E-state index in [1.165, 1.54) is 0 Å². The lowest BCUT2D eigenvalue weighted by Crippen LogP contribution is -2.10. The summed E-state index contributed by atoms with van der Waals surface area (Å²) in [6.07, 6.45) is 0.164. The molecule has 0 atom stereocenters. The van der Waals surface area contributed by atoms with Crippen molar-refractivity contribution in [1.82, 2.24) is 0 Å². The van der Waals surface area contributed by atoms with Gasteiger partial charge in [0.15, 0.2) is 5.78 Å². The van der Waals surface area contributed by atoms with E-state index in [1.54, 1.807) is 0 Å². The van der Waals surface area contributed by atoms with Crippen LogP contribution in [0.25, 0.3) is 0 Å². The fraction of sp³-hybridized carbons (Fsp3) is 0.375. The summed E-state index contributed by atoms with van der Waals surface area (Å²) in [7, 11) is 0. The van der Waals surface area contributed by atoms with Gasteiger partial charge in [0.25, 0.3) is 0 Å². The molecule has 1 aliphatic carbocycles. The van der Waals surface area contributed by atoms with Crippen LogP contribution in [0.4, 0.5) is 0 Å². The minimum absolute atomic E-state index is 0.000000000000000222. The van der Waals surface area contributed by atoms with Crippen LogP contribution >= 0.6 is 0 Å². The molecule has 3 nitrogen and oxygen atoms in total. The van der Waals surface area contributed by atoms with Crippen molar-refractivity contribution in [3.05, 3.63) is 12.2 Å². The van der Waals surface area contributed by atoms with Crippen LogP contribution in [0.15, 0.2) is 12.2 Å². The Hall–Kier alpha value is -1.25. The zero-order valence-electron chi connectivity index (χ0n) is 6.82. The lowest BCUT2D eigenvalue weighted by Gasteiger charge is -1.85. The lowest BCUT2D eigenvalue weighted by molar-refractivity contribution is -0.111. The number of rotatable bonds is 0. The second-order valence-corrected chi connectivity index (χ2v) is 1.95. The molecule has 0 amide bonds. The molecule has 0 aromatic heterocycles. The number of Topliss-reactive ketones (excluding diaryl/α,β-unsaturated/α-hetero) is 1. The van der Waals surface area contributed by atoms with E-state index in [4.69, 9.17) is 10.8 Å². The first kappa shape index (κ1) is 9.75. The normalized spacial score (nSPS) is 16.5. The molecular weight excluding hydrogens is 140 g/mol. The van der Waals surface area contributed by atoms with E-state index in [-0.39, 0.29) is 23.6 Å². The molecule has 3 heteroatoms. The van der Waals surface area contributed by atoms with Crippen molar-refractivity contribution in [2.75, 3.05) is 0 Å². The summed E-state index contributed by atoms with van der Waals surface area (Å²) in [6.45, 7) is 7.45. The van der Waals surface area contributed by atoms with Crippen LogP contribution < -0.4 is 0 Å². The van der Waals surface area contributed by atoms with Gasteiger partial charge in [0, 0.05) is 6.42 Å². The van der Waals surface area contributed by atoms with Gasteiger partial charge < -0.3 is 0 Å². The molecule has 0 aliphatic heterocycles. The molecule has 11 heavy (non-hydrogen) atoms. The fourth-order valence-electron chi connectivity index (χ4n) is 0.687. The molecule has 0 radical (unpaired) electrons. The lowest BCUT2D eigenvalue weighted by atomic mass is 10.2. The van der Waals surface area contributed by atoms with E-state index in [1.807, 2.05) is 13.8 Å². The van der Waals surface area contributed by atoms with Crippen LogP contribution in [0, 0.1) is 10.8 Å². The minimum atomic E-state index is -0.287. The van der Waals surface area contributed by atoms with E-state index in [0.717, 1.165) is 0 Å². The van der Waals surface area contributed by atoms with Gasteiger partial charge in [-0.15, -0.1) is 0 Å². The van der Waals surface area contributed by atoms with E-state index in [2.05, 4.69) is 6.58 Å². The number of ketones is 1. The predicted molar refractivity (Wildman–Crippen MR) is 45.6 cm³/mol. The van der Waals surface area contributed by atoms with E-state index in [9.17, 15) is 4.79 Å². The molecule has 1 saturated carbocycles. The third-order valence-corrected chi connectivity index (χ3v) is 1.26. The van der Waals surface area contributed by atoms with Gasteiger partial charge in [-0.05, 0) is 5.57 Å². The summed E-state index contributed by atoms with van der Waals surface area (Å²) >= 11 is 0. The average Bonchev–Trinajstić information content (AvgIpc) is 2.22. The second-order valence-electron chi connectivity index (χ2n) is 1.95. The highest BCUT2D eigenvalue weighted by Crippen LogP contribution is 2.11. The van der Waals surface area contributed by atoms with Gasteiger partial charge in [-0.25, -0.2) is 0 Å². The third kappa shape index (κ3) is 1.83. The quantitative estimate of drug-likeness (QED) is 0.543. The Balaban J connectivity index is 0.000000461. The summed E-state index contributed by atoms with van der Waals surface area (Å²) in [4.78, 5) is 10.6. The average molecular weight is 152 g/mol. The summed E-state index contributed by atoms with van der Waals surface area (Å²) in [5, 5.41) is 14.0. The zero-order valence-corrected chi connectivity index (χ0v) is 6.82. The van der Waals surface area contributed by atoms with Gasteiger partial charge in [0.2, 0.25) is 0 Å². The van der Waals surface area contributed by atoms with Gasteiger partial charge in [-0.1, -0.05) is 20.4 Å². The topological polar surface area (TPSA) is 64.8 Å². The van der Waals surface area contributed by atoms with Gasteiger partial charge in [-0.3, -0.25) is 15.6 Å². The van der Waals surface area contributed by atoms with Crippen LogP contribution in [0.2, 0.25) is 0 Å². The van der Waals surface area contributed by atoms with Gasteiger partial charge in [0.05, 0.1) is 5.71 Å². The van der Waals surface area contributed by atoms with Crippen LogP contribution in [0.5, 0.6) is 0 Å². The van der Waals surface area contributed by atoms with Crippen molar-refractivity contribution in [2.45, 2.75) is 20.3 Å². The number of hydrogen-bond acceptors (Lipinski definition) is 3. The van der Waals surface area contributed by atoms with E-state index < -0.39 is 0 Å². The first-order valence-electron chi connectivity index (χ1n) is 3.51. The monoisotopic (exact) mass is 152 g/mol. The first-order valence-corrected chi connectivity index (χ1v) is 3.51. The molecule has 2 N–H and O–H groups in total. The standard InChI is InChI=1S/C6H6N2O.C2H6/c1-3-2-4(9)6(8)5(3)7;1-2/h7-8H,1-2H2;1-2H3. The van der Waals surface area contributed by atoms with Crippen LogP contribution in [0.3, 0.4) is 0 Å². The summed E-state index contributed by atoms with van der Waals surface area (Å²) in [5.41, 5.74) is 0.269. The number of carbonyl (C=O) groups is 1. The SMILES string of the molecule is C=C1CC(=O)C(=N)C1=N.CC. The van der Waals surface area contributed by atoms with Crippen LogP contribution in [-0.4, -0.2) is 17.2 Å². The molecule has 1 rings (SSSR count). The molecule has 0 heterocycles. The maximum Gasteiger partial charge on any atom is 0.187 e. The molecule has 1 aliphatic rings. The van der Waals surface area contributed by atoms with E-state index >= 15 is 0 Å². The Bertz CT molecular complexity index is 204. The van der Waals surface area contributed by atoms with Crippen molar-refractivity contribution < 1.29 is 4.79 Å². The largest absolute Gasteiger partial charge is 0.298 e. The molecule has 0 aromatic carbocycles. The highest BCUT2D eigenvalue weighted by atomic mass is 16.1. The smallest absolute Gasteiger partial charge is 0.187 e. The number of hydrogen-bond donors (Lipinski definition) is 2. The van der Waals surface area contributed by atoms with Crippen LogP contribution in [-0.2, 0) is 4.79 Å². The number of carbonyl (C=O) groups excluding carboxylic acids is 1. The Labute approximate surface area is 66.1 Å². The summed E-state index contributed by atoms with van der Waals surface area (Å²) < 4.78 is 0. The molecule has 60 valence electrons. The minimum Gasteiger partial charge on any atom is -0.298 e. The van der Waals surface area contributed by atoms with Crippen molar-refractivity contribution >= 4 is 17.2 Å². The molecule has 0 bridgehead atoms. The number of nitrogens with one attached hydrogen (secondary N) is 2. The molecule has 0 saturated heterocycles. The molecule has 0 aromatic rings. The maximum absolute atomic E-state index is 10.6. The van der Waals surface area contributed by atoms with Crippen molar-refractivity contribution in [3.8, 4) is 0 Å². The molecule has 0 unspecified atom stereocenters. The Morgan fingerprint density at radius 1 is 1.27 bits per heavy atom. The Kier molecular flexibility index (Phi) is 3.37. The van der Waals surface area contributed by atoms with Crippen molar-refractivity contribution in [3.63, 3.8) is 0 Å². The molecule has 0 spiro atoms. The van der Waals surface area contributed by atoms with E-state index in [0.29, 0.717) is 5.57 Å². The first-order chi connectivity index (χ1) is 5.13. The zero-order chi connectivity index (χ0) is 9.02. The Morgan fingerprint density at radius 2 is 1.73 bits per heavy atom.